The van der Waals surface area contributed by atoms with Gasteiger partial charge in [-0.3, -0.25) is 19.4 Å². The lowest BCUT2D eigenvalue weighted by Gasteiger charge is -2.40. The number of nitrogens with two attached hydrogens (primary N) is 1. The van der Waals surface area contributed by atoms with Crippen LogP contribution in [0.1, 0.15) is 75.6 Å². The lowest BCUT2D eigenvalue weighted by molar-refractivity contribution is -0.150. The molecule has 10 heteroatoms. The summed E-state index contributed by atoms with van der Waals surface area (Å²) in [5.74, 6) is 0.613. The molecule has 3 saturated heterocycles. The molecule has 3 fully saturated rings. The third kappa shape index (κ3) is 8.71. The fraction of sp³-hybridized carbons (Fsp3) is 0.733. The molecule has 4 atom stereocenters. The number of fused-ring (bicyclic) bond motifs is 2. The first-order valence-corrected chi connectivity index (χ1v) is 15.4. The van der Waals surface area contributed by atoms with E-state index in [0.29, 0.717) is 54.1 Å². The standard InChI is InChI=1S/C30H47ClN4O5/c1-3-38-26-17-25(32)24(31)16-23(26)29(37)33-20-30(2)21-34(14-15-39-30)12-8-5-7-11-28(36)40-27-19-35-13-9-4-6-10-22(27)18-35/h16-17,22,27H,3-15,18-21,32H2,1-2H3,(H,33,37)/t22?,27-,30-/m0/s1. The van der Waals surface area contributed by atoms with E-state index in [1.165, 1.54) is 25.7 Å². The molecule has 0 saturated carbocycles. The summed E-state index contributed by atoms with van der Waals surface area (Å²) in [6.45, 7) is 10.9. The second-order valence-electron chi connectivity index (χ2n) is 11.8. The Labute approximate surface area is 244 Å². The molecule has 2 unspecified atom stereocenters. The Morgan fingerprint density at radius 2 is 2.02 bits per heavy atom. The van der Waals surface area contributed by atoms with Crippen molar-refractivity contribution in [2.75, 3.05) is 64.8 Å². The van der Waals surface area contributed by atoms with Gasteiger partial charge in [0.2, 0.25) is 0 Å². The van der Waals surface area contributed by atoms with Gasteiger partial charge < -0.3 is 25.3 Å². The lowest BCUT2D eigenvalue weighted by Crippen LogP contribution is -2.55. The van der Waals surface area contributed by atoms with Crippen LogP contribution in [0.3, 0.4) is 0 Å². The number of esters is 1. The lowest BCUT2D eigenvalue weighted by atomic mass is 9.97. The number of ether oxygens (including phenoxy) is 3. The highest BCUT2D eigenvalue weighted by atomic mass is 35.5. The Morgan fingerprint density at radius 3 is 2.85 bits per heavy atom. The minimum absolute atomic E-state index is 0.0410. The number of halogens is 1. The average Bonchev–Trinajstić information content (AvgIpc) is 3.31. The molecule has 40 heavy (non-hydrogen) atoms. The summed E-state index contributed by atoms with van der Waals surface area (Å²) in [5, 5.41) is 3.31. The second-order valence-corrected chi connectivity index (χ2v) is 12.2. The summed E-state index contributed by atoms with van der Waals surface area (Å²) in [6, 6.07) is 3.13. The topological polar surface area (TPSA) is 106 Å². The van der Waals surface area contributed by atoms with Crippen molar-refractivity contribution in [1.29, 1.82) is 0 Å². The van der Waals surface area contributed by atoms with Crippen molar-refractivity contribution in [2.45, 2.75) is 76.9 Å². The monoisotopic (exact) mass is 578 g/mol. The molecule has 0 radical (unpaired) electrons. The molecule has 0 spiro atoms. The van der Waals surface area contributed by atoms with E-state index in [-0.39, 0.29) is 18.0 Å². The third-order valence-electron chi connectivity index (χ3n) is 8.33. The largest absolute Gasteiger partial charge is 0.493 e. The van der Waals surface area contributed by atoms with Crippen LogP contribution in [-0.4, -0.2) is 92.4 Å². The van der Waals surface area contributed by atoms with Gasteiger partial charge in [0.15, 0.2) is 0 Å². The molecule has 0 aliphatic carbocycles. The van der Waals surface area contributed by atoms with Crippen LogP contribution in [0.5, 0.6) is 5.75 Å². The first-order chi connectivity index (χ1) is 19.3. The zero-order valence-corrected chi connectivity index (χ0v) is 25.0. The zero-order valence-electron chi connectivity index (χ0n) is 24.2. The molecule has 1 aromatic carbocycles. The van der Waals surface area contributed by atoms with E-state index in [9.17, 15) is 9.59 Å². The molecule has 1 amide bonds. The van der Waals surface area contributed by atoms with Gasteiger partial charge in [-0.2, -0.15) is 0 Å². The number of morpholine rings is 1. The molecule has 4 rings (SSSR count). The molecule has 2 bridgehead atoms. The Bertz CT molecular complexity index is 1010. The number of nitrogens with one attached hydrogen (secondary N) is 1. The number of nitrogen functional groups attached to an aromatic ring is 1. The Morgan fingerprint density at radius 1 is 1.18 bits per heavy atom. The van der Waals surface area contributed by atoms with E-state index in [1.54, 1.807) is 12.1 Å². The van der Waals surface area contributed by atoms with Crippen LogP contribution >= 0.6 is 11.6 Å². The van der Waals surface area contributed by atoms with Crippen LogP contribution in [0, 0.1) is 5.92 Å². The van der Waals surface area contributed by atoms with Crippen molar-refractivity contribution in [2.24, 2.45) is 5.92 Å². The van der Waals surface area contributed by atoms with Gasteiger partial charge in [0, 0.05) is 51.1 Å². The summed E-state index contributed by atoms with van der Waals surface area (Å²) >= 11 is 6.16. The molecule has 1 aromatic rings. The highest BCUT2D eigenvalue weighted by Crippen LogP contribution is 2.30. The van der Waals surface area contributed by atoms with E-state index < -0.39 is 5.60 Å². The molecular formula is C30H47ClN4O5. The SMILES string of the molecule is CCOc1cc(N)c(Cl)cc1C(=O)NC[C@@]1(C)CN(CCCCCC(=O)O[C@H]2CN3CCCCCC2C3)CCO1. The highest BCUT2D eigenvalue weighted by molar-refractivity contribution is 6.33. The summed E-state index contributed by atoms with van der Waals surface area (Å²) in [7, 11) is 0. The predicted octanol–water partition coefficient (Wildman–Crippen LogP) is 4.12. The van der Waals surface area contributed by atoms with E-state index in [1.807, 2.05) is 13.8 Å². The normalized spacial score (nSPS) is 27.0. The number of hydrogen-bond acceptors (Lipinski definition) is 8. The van der Waals surface area contributed by atoms with Crippen molar-refractivity contribution >= 4 is 29.2 Å². The molecule has 3 aliphatic heterocycles. The van der Waals surface area contributed by atoms with E-state index >= 15 is 0 Å². The van der Waals surface area contributed by atoms with E-state index in [0.717, 1.165) is 58.5 Å². The Kier molecular flexibility index (Phi) is 11.4. The second kappa shape index (κ2) is 14.7. The third-order valence-corrected chi connectivity index (χ3v) is 8.65. The van der Waals surface area contributed by atoms with Crippen molar-refractivity contribution in [3.05, 3.63) is 22.7 Å². The van der Waals surface area contributed by atoms with Crippen molar-refractivity contribution in [3.63, 3.8) is 0 Å². The van der Waals surface area contributed by atoms with Crippen molar-refractivity contribution in [1.82, 2.24) is 15.1 Å². The number of carbonyl (C=O) groups excluding carboxylic acids is 2. The number of amides is 1. The zero-order chi connectivity index (χ0) is 28.5. The first-order valence-electron chi connectivity index (χ1n) is 15.0. The summed E-state index contributed by atoms with van der Waals surface area (Å²) in [5.41, 5.74) is 6.11. The highest BCUT2D eigenvalue weighted by Gasteiger charge is 2.36. The molecular weight excluding hydrogens is 532 g/mol. The van der Waals surface area contributed by atoms with Gasteiger partial charge in [-0.25, -0.2) is 0 Å². The number of nitrogens with zero attached hydrogens (tertiary/aromatic N) is 2. The van der Waals surface area contributed by atoms with Crippen LogP contribution in [0.2, 0.25) is 5.02 Å². The number of benzene rings is 1. The summed E-state index contributed by atoms with van der Waals surface area (Å²) in [4.78, 5) is 30.3. The minimum atomic E-state index is -0.506. The number of anilines is 1. The number of unbranched alkanes of at least 4 members (excludes halogenated alkanes) is 2. The molecule has 3 aliphatic rings. The minimum Gasteiger partial charge on any atom is -0.493 e. The van der Waals surface area contributed by atoms with Gasteiger partial charge in [-0.05, 0) is 58.7 Å². The molecule has 3 heterocycles. The van der Waals surface area contributed by atoms with Crippen LogP contribution in [-0.2, 0) is 14.3 Å². The number of rotatable bonds is 12. The van der Waals surface area contributed by atoms with Crippen molar-refractivity contribution < 1.29 is 23.8 Å². The van der Waals surface area contributed by atoms with E-state index in [4.69, 9.17) is 31.5 Å². The smallest absolute Gasteiger partial charge is 0.306 e. The van der Waals surface area contributed by atoms with Gasteiger partial charge in [0.1, 0.15) is 11.9 Å². The maximum absolute atomic E-state index is 13.0. The quantitative estimate of drug-likeness (QED) is 0.217. The Hall–Kier alpha value is -2.07. The van der Waals surface area contributed by atoms with Crippen LogP contribution in [0.15, 0.2) is 12.1 Å². The summed E-state index contributed by atoms with van der Waals surface area (Å²) < 4.78 is 17.6. The predicted molar refractivity (Wildman–Crippen MR) is 157 cm³/mol. The molecule has 0 aromatic heterocycles. The summed E-state index contributed by atoms with van der Waals surface area (Å²) in [6.07, 6.45) is 8.41. The van der Waals surface area contributed by atoms with E-state index in [2.05, 4.69) is 15.1 Å². The maximum Gasteiger partial charge on any atom is 0.306 e. The maximum atomic E-state index is 13.0. The number of carbonyl (C=O) groups is 2. The average molecular weight is 579 g/mol. The molecule has 224 valence electrons. The Balaban J connectivity index is 1.15. The van der Waals surface area contributed by atoms with Gasteiger partial charge in [-0.1, -0.05) is 30.9 Å². The van der Waals surface area contributed by atoms with Gasteiger partial charge in [0.05, 0.1) is 35.1 Å². The first kappa shape index (κ1) is 30.9. The van der Waals surface area contributed by atoms with Gasteiger partial charge in [0.25, 0.3) is 5.91 Å². The van der Waals surface area contributed by atoms with Gasteiger partial charge in [-0.15, -0.1) is 0 Å². The van der Waals surface area contributed by atoms with Crippen molar-refractivity contribution in [3.8, 4) is 5.75 Å². The fourth-order valence-electron chi connectivity index (χ4n) is 6.15. The van der Waals surface area contributed by atoms with Gasteiger partial charge >= 0.3 is 5.97 Å². The van der Waals surface area contributed by atoms with Crippen LogP contribution in [0.4, 0.5) is 5.69 Å². The molecule has 3 N–H and O–H groups in total. The van der Waals surface area contributed by atoms with Crippen LogP contribution < -0.4 is 15.8 Å². The van der Waals surface area contributed by atoms with Crippen LogP contribution in [0.25, 0.3) is 0 Å². The fourth-order valence-corrected chi connectivity index (χ4v) is 6.31. The number of hydrogen-bond donors (Lipinski definition) is 2. The molecule has 9 nitrogen and oxygen atoms in total.